The molecule has 5 nitrogen and oxygen atoms in total. The Bertz CT molecular complexity index is 279. The van der Waals surface area contributed by atoms with Gasteiger partial charge in [-0.05, 0) is 45.6 Å². The van der Waals surface area contributed by atoms with E-state index in [9.17, 15) is 9.90 Å². The number of hydrogen-bond donors (Lipinski definition) is 2. The summed E-state index contributed by atoms with van der Waals surface area (Å²) in [6.45, 7) is 7.69. The van der Waals surface area contributed by atoms with Crippen LogP contribution in [0.2, 0.25) is 0 Å². The minimum Gasteiger partial charge on any atom is -0.480 e. The number of carbonyl (C=O) groups is 1. The average molecular weight is 287 g/mol. The van der Waals surface area contributed by atoms with E-state index >= 15 is 0 Å². The van der Waals surface area contributed by atoms with Gasteiger partial charge in [0.1, 0.15) is 5.54 Å². The highest BCUT2D eigenvalue weighted by Crippen LogP contribution is 2.15. The lowest BCUT2D eigenvalue weighted by atomic mass is 9.95. The Labute approximate surface area is 122 Å². The summed E-state index contributed by atoms with van der Waals surface area (Å²) in [4.78, 5) is 11.3. The summed E-state index contributed by atoms with van der Waals surface area (Å²) in [6.07, 6.45) is 4.44. The van der Waals surface area contributed by atoms with Crippen LogP contribution < -0.4 is 5.32 Å². The summed E-state index contributed by atoms with van der Waals surface area (Å²) >= 11 is 0. The molecule has 5 heteroatoms. The Hall–Kier alpha value is -0.650. The van der Waals surface area contributed by atoms with Gasteiger partial charge in [-0.3, -0.25) is 4.79 Å². The van der Waals surface area contributed by atoms with E-state index in [0.717, 1.165) is 52.0 Å². The van der Waals surface area contributed by atoms with Crippen LogP contribution in [0, 0.1) is 5.92 Å². The smallest absolute Gasteiger partial charge is 0.323 e. The third kappa shape index (κ3) is 6.20. The molecule has 0 aromatic rings. The Kier molecular flexibility index (Phi) is 8.11. The van der Waals surface area contributed by atoms with Crippen LogP contribution in [0.1, 0.15) is 46.0 Å². The molecule has 1 rings (SSSR count). The van der Waals surface area contributed by atoms with Crippen LogP contribution in [0.25, 0.3) is 0 Å². The molecule has 1 heterocycles. The first kappa shape index (κ1) is 17.4. The highest BCUT2D eigenvalue weighted by molar-refractivity contribution is 5.78. The van der Waals surface area contributed by atoms with Crippen LogP contribution >= 0.6 is 0 Å². The lowest BCUT2D eigenvalue weighted by molar-refractivity contribution is -0.144. The zero-order chi connectivity index (χ0) is 14.8. The van der Waals surface area contributed by atoms with Crippen molar-refractivity contribution in [2.75, 3.05) is 33.0 Å². The summed E-state index contributed by atoms with van der Waals surface area (Å²) in [6, 6.07) is 0. The van der Waals surface area contributed by atoms with Crippen molar-refractivity contribution in [3.05, 3.63) is 0 Å². The Balaban J connectivity index is 2.09. The molecule has 1 aliphatic rings. The largest absolute Gasteiger partial charge is 0.480 e. The molecule has 0 bridgehead atoms. The van der Waals surface area contributed by atoms with Gasteiger partial charge in [0.2, 0.25) is 0 Å². The molecule has 118 valence electrons. The van der Waals surface area contributed by atoms with Crippen LogP contribution in [0.5, 0.6) is 0 Å². The van der Waals surface area contributed by atoms with Crippen LogP contribution in [-0.4, -0.2) is 49.6 Å². The predicted octanol–water partition coefficient (Wildman–Crippen LogP) is 2.05. The Morgan fingerprint density at radius 1 is 1.50 bits per heavy atom. The average Bonchev–Trinajstić information content (AvgIpc) is 2.93. The van der Waals surface area contributed by atoms with Crippen molar-refractivity contribution in [2.24, 2.45) is 5.92 Å². The maximum absolute atomic E-state index is 11.3. The van der Waals surface area contributed by atoms with Crippen molar-refractivity contribution < 1.29 is 19.4 Å². The molecule has 1 saturated heterocycles. The van der Waals surface area contributed by atoms with Gasteiger partial charge in [-0.1, -0.05) is 6.92 Å². The maximum Gasteiger partial charge on any atom is 0.323 e. The van der Waals surface area contributed by atoms with Crippen LogP contribution in [0.3, 0.4) is 0 Å². The first-order chi connectivity index (χ1) is 9.58. The standard InChI is InChI=1S/C15H29NO4/c1-3-8-16-15(2,14(17)18)7-4-5-9-19-11-13-6-10-20-12-13/h13,16H,3-12H2,1-2H3,(H,17,18). The number of nitrogens with one attached hydrogen (secondary N) is 1. The number of aliphatic carboxylic acids is 1. The third-order valence-corrected chi connectivity index (χ3v) is 3.83. The van der Waals surface area contributed by atoms with Crippen LogP contribution in [-0.2, 0) is 14.3 Å². The highest BCUT2D eigenvalue weighted by Gasteiger charge is 2.31. The first-order valence-corrected chi connectivity index (χ1v) is 7.72. The fourth-order valence-corrected chi connectivity index (χ4v) is 2.32. The molecule has 0 amide bonds. The number of carboxylic acid groups (broad SMARTS) is 1. The fraction of sp³-hybridized carbons (Fsp3) is 0.933. The lowest BCUT2D eigenvalue weighted by Gasteiger charge is -2.26. The van der Waals surface area contributed by atoms with Gasteiger partial charge in [-0.2, -0.15) is 0 Å². The van der Waals surface area contributed by atoms with Crippen molar-refractivity contribution in [2.45, 2.75) is 51.5 Å². The third-order valence-electron chi connectivity index (χ3n) is 3.83. The SMILES string of the molecule is CCCNC(C)(CCCCOCC1CCOC1)C(=O)O. The molecule has 2 unspecified atom stereocenters. The van der Waals surface area contributed by atoms with E-state index in [1.165, 1.54) is 0 Å². The summed E-state index contributed by atoms with van der Waals surface area (Å²) in [5.41, 5.74) is -0.810. The molecular formula is C15H29NO4. The van der Waals surface area contributed by atoms with Gasteiger partial charge in [0.15, 0.2) is 0 Å². The molecule has 0 spiro atoms. The minimum atomic E-state index is -0.810. The van der Waals surface area contributed by atoms with Gasteiger partial charge < -0.3 is 19.9 Å². The first-order valence-electron chi connectivity index (χ1n) is 7.72. The van der Waals surface area contributed by atoms with Gasteiger partial charge >= 0.3 is 5.97 Å². The molecule has 1 fully saturated rings. The second kappa shape index (κ2) is 9.32. The van der Waals surface area contributed by atoms with E-state index < -0.39 is 11.5 Å². The molecular weight excluding hydrogens is 258 g/mol. The van der Waals surface area contributed by atoms with E-state index in [2.05, 4.69) is 5.32 Å². The molecule has 0 aliphatic carbocycles. The Morgan fingerprint density at radius 2 is 2.30 bits per heavy atom. The van der Waals surface area contributed by atoms with Crippen molar-refractivity contribution in [1.82, 2.24) is 5.32 Å². The lowest BCUT2D eigenvalue weighted by Crippen LogP contribution is -2.49. The van der Waals surface area contributed by atoms with E-state index in [1.807, 2.05) is 6.92 Å². The highest BCUT2D eigenvalue weighted by atomic mass is 16.5. The topological polar surface area (TPSA) is 67.8 Å². The predicted molar refractivity (Wildman–Crippen MR) is 77.9 cm³/mol. The second-order valence-electron chi connectivity index (χ2n) is 5.83. The van der Waals surface area contributed by atoms with Crippen molar-refractivity contribution in [1.29, 1.82) is 0 Å². The second-order valence-corrected chi connectivity index (χ2v) is 5.83. The summed E-state index contributed by atoms with van der Waals surface area (Å²) < 4.78 is 10.9. The number of carboxylic acids is 1. The number of hydrogen-bond acceptors (Lipinski definition) is 4. The van der Waals surface area contributed by atoms with Crippen molar-refractivity contribution >= 4 is 5.97 Å². The van der Waals surface area contributed by atoms with E-state index in [0.29, 0.717) is 18.9 Å². The van der Waals surface area contributed by atoms with Crippen LogP contribution in [0.4, 0.5) is 0 Å². The monoisotopic (exact) mass is 287 g/mol. The zero-order valence-electron chi connectivity index (χ0n) is 12.8. The molecule has 0 aromatic carbocycles. The molecule has 1 aliphatic heterocycles. The van der Waals surface area contributed by atoms with E-state index in [1.54, 1.807) is 6.92 Å². The molecule has 20 heavy (non-hydrogen) atoms. The Morgan fingerprint density at radius 3 is 2.90 bits per heavy atom. The summed E-state index contributed by atoms with van der Waals surface area (Å²) in [7, 11) is 0. The van der Waals surface area contributed by atoms with Gasteiger partial charge in [-0.25, -0.2) is 0 Å². The summed E-state index contributed by atoms with van der Waals surface area (Å²) in [5.74, 6) is -0.222. The fourth-order valence-electron chi connectivity index (χ4n) is 2.32. The number of rotatable bonds is 11. The van der Waals surface area contributed by atoms with Gasteiger partial charge in [0, 0.05) is 19.1 Å². The normalized spacial score (nSPS) is 21.8. The zero-order valence-corrected chi connectivity index (χ0v) is 12.8. The molecule has 2 atom stereocenters. The van der Waals surface area contributed by atoms with Gasteiger partial charge in [0.25, 0.3) is 0 Å². The number of ether oxygens (including phenoxy) is 2. The quantitative estimate of drug-likeness (QED) is 0.569. The van der Waals surface area contributed by atoms with E-state index in [-0.39, 0.29) is 0 Å². The molecule has 0 saturated carbocycles. The maximum atomic E-state index is 11.3. The minimum absolute atomic E-state index is 0.547. The molecule has 0 radical (unpaired) electrons. The summed E-state index contributed by atoms with van der Waals surface area (Å²) in [5, 5.41) is 12.4. The van der Waals surface area contributed by atoms with Crippen LogP contribution in [0.15, 0.2) is 0 Å². The molecule has 2 N–H and O–H groups in total. The van der Waals surface area contributed by atoms with Gasteiger partial charge in [-0.15, -0.1) is 0 Å². The van der Waals surface area contributed by atoms with Gasteiger partial charge in [0.05, 0.1) is 13.2 Å². The molecule has 0 aromatic heterocycles. The van der Waals surface area contributed by atoms with Crippen molar-refractivity contribution in [3.63, 3.8) is 0 Å². The number of unbranched alkanes of at least 4 members (excludes halogenated alkanes) is 1. The van der Waals surface area contributed by atoms with E-state index in [4.69, 9.17) is 9.47 Å². The van der Waals surface area contributed by atoms with Crippen molar-refractivity contribution in [3.8, 4) is 0 Å².